The standard InChI is InChI=1S/C31H35ClN2O8/c1-3-5-18(12-19-9-10-23(36)15-26(19)32)8-11-27(37)28-20(17-42-2)13-24-29(25(28)16-35)31(39)33(30(24)38)21-6-4-7-22(14-21)34(40)41/h4,6-7,9-10,12,14-15,24-25,27,29,35-37H,3,5,8,11,13,16-17H2,1-2H3/b18-12+/t24-,25+,27-,29-/m1/s1. The van der Waals surface area contributed by atoms with Crippen molar-refractivity contribution in [3.63, 3.8) is 0 Å². The Morgan fingerprint density at radius 1 is 1.21 bits per heavy atom. The second kappa shape index (κ2) is 13.6. The van der Waals surface area contributed by atoms with Crippen LogP contribution in [0.2, 0.25) is 5.02 Å². The smallest absolute Gasteiger partial charge is 0.271 e. The third kappa shape index (κ3) is 6.42. The van der Waals surface area contributed by atoms with E-state index in [9.17, 15) is 35.0 Å². The number of allylic oxidation sites excluding steroid dienone is 1. The maximum absolute atomic E-state index is 13.7. The first-order valence-corrected chi connectivity index (χ1v) is 14.3. The number of phenols is 1. The number of rotatable bonds is 12. The molecular weight excluding hydrogens is 564 g/mol. The number of amides is 2. The molecule has 1 saturated heterocycles. The van der Waals surface area contributed by atoms with Crippen LogP contribution in [0.3, 0.4) is 0 Å². The van der Waals surface area contributed by atoms with Crippen LogP contribution >= 0.6 is 11.6 Å². The summed E-state index contributed by atoms with van der Waals surface area (Å²) in [5.74, 6) is -3.52. The molecule has 224 valence electrons. The van der Waals surface area contributed by atoms with Crippen LogP contribution in [0.5, 0.6) is 5.75 Å². The van der Waals surface area contributed by atoms with Gasteiger partial charge in [-0.25, -0.2) is 4.90 Å². The summed E-state index contributed by atoms with van der Waals surface area (Å²) >= 11 is 6.31. The van der Waals surface area contributed by atoms with E-state index in [1.807, 2.05) is 13.0 Å². The van der Waals surface area contributed by atoms with E-state index < -0.39 is 47.2 Å². The molecule has 0 aromatic heterocycles. The Balaban J connectivity index is 1.62. The Bertz CT molecular complexity index is 1420. The van der Waals surface area contributed by atoms with Gasteiger partial charge in [-0.05, 0) is 66.7 Å². The topological polar surface area (TPSA) is 150 Å². The molecule has 1 heterocycles. The number of nitrogens with zero attached hydrogens (tertiary/aromatic N) is 2. The van der Waals surface area contributed by atoms with Gasteiger partial charge in [-0.1, -0.05) is 42.7 Å². The van der Waals surface area contributed by atoms with Gasteiger partial charge in [0.2, 0.25) is 11.8 Å². The maximum atomic E-state index is 13.7. The van der Waals surface area contributed by atoms with Gasteiger partial charge in [0.15, 0.2) is 0 Å². The Hall–Kier alpha value is -3.57. The number of carbonyl (C=O) groups excluding carboxylic acids is 2. The van der Waals surface area contributed by atoms with E-state index in [1.54, 1.807) is 12.1 Å². The number of aliphatic hydroxyl groups excluding tert-OH is 2. The highest BCUT2D eigenvalue weighted by Crippen LogP contribution is 2.47. The molecule has 2 aromatic carbocycles. The fraction of sp³-hybridized carbons (Fsp3) is 0.419. The Kier molecular flexibility index (Phi) is 10.2. The molecular formula is C31H35ClN2O8. The van der Waals surface area contributed by atoms with Gasteiger partial charge in [-0.15, -0.1) is 0 Å². The average molecular weight is 599 g/mol. The minimum atomic E-state index is -1.02. The van der Waals surface area contributed by atoms with E-state index in [-0.39, 0.29) is 30.2 Å². The van der Waals surface area contributed by atoms with Gasteiger partial charge in [0.05, 0.1) is 46.8 Å². The van der Waals surface area contributed by atoms with Gasteiger partial charge in [0.25, 0.3) is 5.69 Å². The van der Waals surface area contributed by atoms with Crippen LogP contribution < -0.4 is 4.90 Å². The molecule has 2 aliphatic rings. The first kappa shape index (κ1) is 31.4. The van der Waals surface area contributed by atoms with Crippen LogP contribution in [0.15, 0.2) is 59.2 Å². The van der Waals surface area contributed by atoms with Crippen LogP contribution in [-0.4, -0.2) is 58.5 Å². The van der Waals surface area contributed by atoms with Crippen molar-refractivity contribution in [2.75, 3.05) is 25.2 Å². The van der Waals surface area contributed by atoms with Crippen molar-refractivity contribution in [1.82, 2.24) is 0 Å². The molecule has 4 rings (SSSR count). The summed E-state index contributed by atoms with van der Waals surface area (Å²) in [5.41, 5.74) is 2.80. The van der Waals surface area contributed by atoms with Gasteiger partial charge in [0, 0.05) is 25.2 Å². The molecule has 2 aromatic rings. The van der Waals surface area contributed by atoms with Crippen LogP contribution in [-0.2, 0) is 14.3 Å². The zero-order valence-corrected chi connectivity index (χ0v) is 24.3. The summed E-state index contributed by atoms with van der Waals surface area (Å²) in [4.78, 5) is 38.9. The zero-order valence-electron chi connectivity index (χ0n) is 23.5. The highest BCUT2D eigenvalue weighted by atomic mass is 35.5. The van der Waals surface area contributed by atoms with E-state index in [0.29, 0.717) is 29.0 Å². The van der Waals surface area contributed by atoms with E-state index in [4.69, 9.17) is 16.3 Å². The number of phenolic OH excluding ortho intramolecular Hbond substituents is 1. The van der Waals surface area contributed by atoms with E-state index >= 15 is 0 Å². The number of non-ortho nitro benzene ring substituents is 1. The molecule has 10 nitrogen and oxygen atoms in total. The summed E-state index contributed by atoms with van der Waals surface area (Å²) in [7, 11) is 1.50. The monoisotopic (exact) mass is 598 g/mol. The maximum Gasteiger partial charge on any atom is 0.271 e. The number of aromatic hydroxyl groups is 1. The fourth-order valence-corrected chi connectivity index (χ4v) is 6.42. The number of carbonyl (C=O) groups is 2. The van der Waals surface area contributed by atoms with Gasteiger partial charge < -0.3 is 20.1 Å². The fourth-order valence-electron chi connectivity index (χ4n) is 6.19. The molecule has 1 fully saturated rings. The van der Waals surface area contributed by atoms with Gasteiger partial charge in [0.1, 0.15) is 5.75 Å². The number of hydrogen-bond acceptors (Lipinski definition) is 8. The quantitative estimate of drug-likeness (QED) is 0.133. The minimum absolute atomic E-state index is 0.0665. The summed E-state index contributed by atoms with van der Waals surface area (Å²) in [6, 6.07) is 10.1. The van der Waals surface area contributed by atoms with Crippen molar-refractivity contribution >= 4 is 40.9 Å². The third-order valence-electron chi connectivity index (χ3n) is 8.01. The molecule has 0 saturated carbocycles. The first-order valence-electron chi connectivity index (χ1n) is 13.9. The number of aliphatic hydroxyl groups is 2. The highest BCUT2D eigenvalue weighted by molar-refractivity contribution is 6.32. The molecule has 0 radical (unpaired) electrons. The second-order valence-electron chi connectivity index (χ2n) is 10.7. The highest BCUT2D eigenvalue weighted by Gasteiger charge is 2.55. The number of fused-ring (bicyclic) bond motifs is 1. The number of nitro groups is 1. The SMILES string of the molecule is CCC/C(=C\c1ccc(O)cc1Cl)CC[C@@H](O)C1=C(COC)C[C@H]2C(=O)N(c3cccc([N+](=O)[O-])c3)C(=O)[C@H]2[C@H]1CO. The number of anilines is 1. The van der Waals surface area contributed by atoms with Crippen molar-refractivity contribution in [2.24, 2.45) is 17.8 Å². The van der Waals surface area contributed by atoms with Gasteiger partial charge >= 0.3 is 0 Å². The Morgan fingerprint density at radius 3 is 2.62 bits per heavy atom. The number of imide groups is 1. The number of ether oxygens (including phenoxy) is 1. The third-order valence-corrected chi connectivity index (χ3v) is 8.34. The van der Waals surface area contributed by atoms with Crippen LogP contribution in [0, 0.1) is 27.9 Å². The van der Waals surface area contributed by atoms with E-state index in [0.717, 1.165) is 28.9 Å². The number of methoxy groups -OCH3 is 1. The van der Waals surface area contributed by atoms with Crippen molar-refractivity contribution in [3.8, 4) is 5.75 Å². The molecule has 0 bridgehead atoms. The number of hydrogen-bond donors (Lipinski definition) is 3. The largest absolute Gasteiger partial charge is 0.508 e. The molecule has 0 unspecified atom stereocenters. The van der Waals surface area contributed by atoms with Crippen molar-refractivity contribution in [3.05, 3.63) is 79.9 Å². The summed E-state index contributed by atoms with van der Waals surface area (Å²) < 4.78 is 5.40. The molecule has 1 aliphatic carbocycles. The predicted octanol–water partition coefficient (Wildman–Crippen LogP) is 5.04. The zero-order chi connectivity index (χ0) is 30.6. The minimum Gasteiger partial charge on any atom is -0.508 e. The van der Waals surface area contributed by atoms with Gasteiger partial charge in [-0.3, -0.25) is 19.7 Å². The summed E-state index contributed by atoms with van der Waals surface area (Å²) in [6.45, 7) is 1.69. The van der Waals surface area contributed by atoms with Crippen LogP contribution in [0.25, 0.3) is 6.08 Å². The Morgan fingerprint density at radius 2 is 1.98 bits per heavy atom. The molecule has 0 spiro atoms. The number of benzene rings is 2. The molecule has 11 heteroatoms. The summed E-state index contributed by atoms with van der Waals surface area (Å²) in [5, 5.41) is 43.4. The molecule has 42 heavy (non-hydrogen) atoms. The lowest BCUT2D eigenvalue weighted by molar-refractivity contribution is -0.384. The summed E-state index contributed by atoms with van der Waals surface area (Å²) in [6.07, 6.45) is 3.52. The molecule has 3 N–H and O–H groups in total. The van der Waals surface area contributed by atoms with Crippen molar-refractivity contribution in [1.29, 1.82) is 0 Å². The first-order chi connectivity index (χ1) is 20.1. The van der Waals surface area contributed by atoms with Crippen molar-refractivity contribution < 1.29 is 34.6 Å². The Labute approximate surface area is 249 Å². The lowest BCUT2D eigenvalue weighted by Crippen LogP contribution is -2.39. The molecule has 4 atom stereocenters. The van der Waals surface area contributed by atoms with Crippen LogP contribution in [0.4, 0.5) is 11.4 Å². The van der Waals surface area contributed by atoms with Crippen LogP contribution in [0.1, 0.15) is 44.6 Å². The van der Waals surface area contributed by atoms with Gasteiger partial charge in [-0.2, -0.15) is 0 Å². The molecule has 1 aliphatic heterocycles. The van der Waals surface area contributed by atoms with E-state index in [2.05, 4.69) is 0 Å². The normalized spacial score (nSPS) is 21.6. The lowest BCUT2D eigenvalue weighted by Gasteiger charge is -2.36. The number of nitro benzene ring substituents is 1. The predicted molar refractivity (Wildman–Crippen MR) is 158 cm³/mol. The molecule has 2 amide bonds. The number of halogens is 1. The van der Waals surface area contributed by atoms with Crippen molar-refractivity contribution in [2.45, 2.75) is 45.1 Å². The average Bonchev–Trinajstić information content (AvgIpc) is 3.21. The second-order valence-corrected chi connectivity index (χ2v) is 11.1. The lowest BCUT2D eigenvalue weighted by atomic mass is 9.68. The van der Waals surface area contributed by atoms with E-state index in [1.165, 1.54) is 37.4 Å².